The fraction of sp³-hybridized carbons (Fsp3) is 0.333. The summed E-state index contributed by atoms with van der Waals surface area (Å²) in [6.45, 7) is 0.894. The van der Waals surface area contributed by atoms with E-state index in [-0.39, 0.29) is 11.8 Å². The Kier molecular flexibility index (Phi) is 5.02. The minimum Gasteiger partial charge on any atom is -0.382 e. The predicted molar refractivity (Wildman–Crippen MR) is 74.3 cm³/mol. The van der Waals surface area contributed by atoms with Gasteiger partial charge in [0.1, 0.15) is 6.61 Å². The van der Waals surface area contributed by atoms with Crippen molar-refractivity contribution in [1.82, 2.24) is 14.8 Å². The zero-order valence-electron chi connectivity index (χ0n) is 11.5. The normalized spacial score (nSPS) is 11.7. The minimum atomic E-state index is -3.99. The number of hydrogen-bond acceptors (Lipinski definition) is 6. The average Bonchev–Trinajstić information content (AvgIpc) is 2.88. The standard InChI is InChI=1S/C12H16N4O4S/c1-19-7-8-20-9-11-14-15-12(21(13,17)18)16(11)10-5-3-2-4-6-10/h2-6H,7-9H2,1H3,(H2,13,17,18). The van der Waals surface area contributed by atoms with Crippen LogP contribution in [0.2, 0.25) is 0 Å². The molecule has 0 bridgehead atoms. The van der Waals surface area contributed by atoms with E-state index >= 15 is 0 Å². The van der Waals surface area contributed by atoms with Crippen molar-refractivity contribution in [2.45, 2.75) is 11.8 Å². The molecule has 0 atom stereocenters. The topological polar surface area (TPSA) is 109 Å². The molecule has 0 aliphatic rings. The van der Waals surface area contributed by atoms with Gasteiger partial charge in [0.25, 0.3) is 15.2 Å². The summed E-state index contributed by atoms with van der Waals surface area (Å²) in [4.78, 5) is 0. The molecule has 1 aromatic carbocycles. The number of rotatable bonds is 7. The highest BCUT2D eigenvalue weighted by atomic mass is 32.2. The zero-order valence-corrected chi connectivity index (χ0v) is 12.3. The Labute approximate surface area is 122 Å². The van der Waals surface area contributed by atoms with E-state index in [2.05, 4.69) is 10.2 Å². The van der Waals surface area contributed by atoms with Gasteiger partial charge in [0.15, 0.2) is 5.82 Å². The van der Waals surface area contributed by atoms with Crippen molar-refractivity contribution < 1.29 is 17.9 Å². The number of methoxy groups -OCH3 is 1. The van der Waals surface area contributed by atoms with Gasteiger partial charge >= 0.3 is 0 Å². The van der Waals surface area contributed by atoms with Gasteiger partial charge in [-0.25, -0.2) is 13.6 Å². The van der Waals surface area contributed by atoms with E-state index in [0.717, 1.165) is 0 Å². The molecule has 0 spiro atoms. The monoisotopic (exact) mass is 312 g/mol. The molecule has 0 aliphatic carbocycles. The molecule has 1 heterocycles. The van der Waals surface area contributed by atoms with Crippen molar-refractivity contribution in [3.8, 4) is 5.69 Å². The predicted octanol–water partition coefficient (Wildman–Crippen LogP) is 0.0777. The van der Waals surface area contributed by atoms with Crippen molar-refractivity contribution in [2.24, 2.45) is 5.14 Å². The van der Waals surface area contributed by atoms with Gasteiger partial charge < -0.3 is 9.47 Å². The van der Waals surface area contributed by atoms with Gasteiger partial charge in [0, 0.05) is 12.8 Å². The van der Waals surface area contributed by atoms with Crippen molar-refractivity contribution in [3.05, 3.63) is 36.2 Å². The molecule has 0 radical (unpaired) electrons. The number of nitrogens with zero attached hydrogens (tertiary/aromatic N) is 3. The quantitative estimate of drug-likeness (QED) is 0.725. The molecular formula is C12H16N4O4S. The fourth-order valence-electron chi connectivity index (χ4n) is 1.72. The number of hydrogen-bond donors (Lipinski definition) is 1. The van der Waals surface area contributed by atoms with Crippen LogP contribution >= 0.6 is 0 Å². The zero-order chi connectivity index (χ0) is 15.3. The van der Waals surface area contributed by atoms with Crippen molar-refractivity contribution in [2.75, 3.05) is 20.3 Å². The molecule has 0 fully saturated rings. The van der Waals surface area contributed by atoms with Crippen LogP contribution in [0.5, 0.6) is 0 Å². The molecule has 8 nitrogen and oxygen atoms in total. The third kappa shape index (κ3) is 3.85. The molecule has 0 aliphatic heterocycles. The second-order valence-corrected chi connectivity index (χ2v) is 5.62. The van der Waals surface area contributed by atoms with E-state index in [1.54, 1.807) is 31.4 Å². The Hall–Kier alpha value is -1.81. The van der Waals surface area contributed by atoms with Crippen molar-refractivity contribution in [3.63, 3.8) is 0 Å². The van der Waals surface area contributed by atoms with Gasteiger partial charge in [-0.1, -0.05) is 18.2 Å². The first-order valence-corrected chi connectivity index (χ1v) is 7.68. The lowest BCUT2D eigenvalue weighted by atomic mass is 10.3. The number of sulfonamides is 1. The van der Waals surface area contributed by atoms with Crippen LogP contribution in [0.1, 0.15) is 5.82 Å². The number of primary sulfonamides is 1. The molecule has 21 heavy (non-hydrogen) atoms. The molecule has 114 valence electrons. The van der Waals surface area contributed by atoms with E-state index in [1.807, 2.05) is 6.07 Å². The second kappa shape index (κ2) is 6.76. The molecule has 2 N–H and O–H groups in total. The smallest absolute Gasteiger partial charge is 0.274 e. The SMILES string of the molecule is COCCOCc1nnc(S(N)(=O)=O)n1-c1ccccc1. The van der Waals surface area contributed by atoms with Gasteiger partial charge in [-0.3, -0.25) is 4.57 Å². The Bertz CT molecular complexity index is 685. The summed E-state index contributed by atoms with van der Waals surface area (Å²) in [6.07, 6.45) is 0. The largest absolute Gasteiger partial charge is 0.382 e. The summed E-state index contributed by atoms with van der Waals surface area (Å²) in [5.74, 6) is 0.348. The first-order chi connectivity index (χ1) is 10.0. The molecule has 0 saturated heterocycles. The highest BCUT2D eigenvalue weighted by Crippen LogP contribution is 2.16. The molecule has 1 aromatic heterocycles. The van der Waals surface area contributed by atoms with Crippen LogP contribution in [0.3, 0.4) is 0 Å². The number of benzene rings is 1. The maximum absolute atomic E-state index is 11.6. The van der Waals surface area contributed by atoms with E-state index in [4.69, 9.17) is 14.6 Å². The first kappa shape index (κ1) is 15.6. The molecular weight excluding hydrogens is 296 g/mol. The van der Waals surface area contributed by atoms with Crippen LogP contribution in [0.25, 0.3) is 5.69 Å². The van der Waals surface area contributed by atoms with Crippen molar-refractivity contribution in [1.29, 1.82) is 0 Å². The highest BCUT2D eigenvalue weighted by molar-refractivity contribution is 7.89. The van der Waals surface area contributed by atoms with Crippen LogP contribution < -0.4 is 5.14 Å². The molecule has 9 heteroatoms. The van der Waals surface area contributed by atoms with E-state index in [9.17, 15) is 8.42 Å². The lowest BCUT2D eigenvalue weighted by Crippen LogP contribution is -2.19. The molecule has 2 aromatic rings. The van der Waals surface area contributed by atoms with Crippen LogP contribution in [0.15, 0.2) is 35.5 Å². The summed E-state index contributed by atoms with van der Waals surface area (Å²) in [5.41, 5.74) is 0.594. The lowest BCUT2D eigenvalue weighted by Gasteiger charge is -2.09. The Morgan fingerprint density at radius 3 is 2.52 bits per heavy atom. The average molecular weight is 312 g/mol. The van der Waals surface area contributed by atoms with E-state index < -0.39 is 10.0 Å². The summed E-state index contributed by atoms with van der Waals surface area (Å²) in [6, 6.07) is 8.84. The second-order valence-electron chi connectivity index (χ2n) is 4.16. The minimum absolute atomic E-state index is 0.0980. The molecule has 0 unspecified atom stereocenters. The molecule has 0 amide bonds. The van der Waals surface area contributed by atoms with Gasteiger partial charge in [-0.15, -0.1) is 10.2 Å². The molecule has 2 rings (SSSR count). The van der Waals surface area contributed by atoms with Crippen LogP contribution in [-0.2, 0) is 26.1 Å². The Balaban J connectivity index is 2.36. The summed E-state index contributed by atoms with van der Waals surface area (Å²) in [5, 5.41) is 12.3. The van der Waals surface area contributed by atoms with E-state index in [0.29, 0.717) is 24.7 Å². The lowest BCUT2D eigenvalue weighted by molar-refractivity contribution is 0.0578. The summed E-state index contributed by atoms with van der Waals surface area (Å²) >= 11 is 0. The summed E-state index contributed by atoms with van der Waals surface area (Å²) in [7, 11) is -2.42. The van der Waals surface area contributed by atoms with Gasteiger partial charge in [0.2, 0.25) is 0 Å². The molecule has 0 saturated carbocycles. The van der Waals surface area contributed by atoms with Gasteiger partial charge in [-0.2, -0.15) is 0 Å². The summed E-state index contributed by atoms with van der Waals surface area (Å²) < 4.78 is 34.8. The third-order valence-corrected chi connectivity index (χ3v) is 3.41. The van der Waals surface area contributed by atoms with Crippen LogP contribution in [0.4, 0.5) is 0 Å². The van der Waals surface area contributed by atoms with E-state index in [1.165, 1.54) is 4.57 Å². The highest BCUT2D eigenvalue weighted by Gasteiger charge is 2.22. The van der Waals surface area contributed by atoms with Crippen molar-refractivity contribution >= 4 is 10.0 Å². The number of ether oxygens (including phenoxy) is 2. The maximum atomic E-state index is 11.6. The maximum Gasteiger partial charge on any atom is 0.274 e. The number of aromatic nitrogens is 3. The Morgan fingerprint density at radius 2 is 1.90 bits per heavy atom. The van der Waals surface area contributed by atoms with Crippen LogP contribution in [0, 0.1) is 0 Å². The van der Waals surface area contributed by atoms with Gasteiger partial charge in [0.05, 0.1) is 13.2 Å². The fourth-order valence-corrected chi connectivity index (χ4v) is 2.34. The number of nitrogens with two attached hydrogens (primary N) is 1. The number of para-hydroxylation sites is 1. The first-order valence-electron chi connectivity index (χ1n) is 6.13. The Morgan fingerprint density at radius 1 is 1.19 bits per heavy atom. The third-order valence-electron chi connectivity index (χ3n) is 2.63. The van der Waals surface area contributed by atoms with Crippen LogP contribution in [-0.4, -0.2) is 43.5 Å². The van der Waals surface area contributed by atoms with Gasteiger partial charge in [-0.05, 0) is 12.1 Å².